The van der Waals surface area contributed by atoms with Gasteiger partial charge in [-0.25, -0.2) is 4.39 Å². The van der Waals surface area contributed by atoms with Crippen molar-refractivity contribution >= 4 is 17.5 Å². The predicted octanol–water partition coefficient (Wildman–Crippen LogP) is 1.55. The third-order valence-corrected chi connectivity index (χ3v) is 4.83. The Labute approximate surface area is 146 Å². The van der Waals surface area contributed by atoms with Crippen LogP contribution in [0.15, 0.2) is 18.2 Å². The summed E-state index contributed by atoms with van der Waals surface area (Å²) in [7, 11) is 0. The number of benzene rings is 1. The van der Waals surface area contributed by atoms with E-state index in [2.05, 4.69) is 15.5 Å². The molecule has 24 heavy (non-hydrogen) atoms. The Hall–Kier alpha value is -1.21. The molecule has 2 fully saturated rings. The highest BCUT2D eigenvalue weighted by molar-refractivity contribution is 6.31. The van der Waals surface area contributed by atoms with E-state index in [1.807, 2.05) is 0 Å². The number of morpholine rings is 1. The van der Waals surface area contributed by atoms with Crippen molar-refractivity contribution in [2.45, 2.75) is 31.5 Å². The van der Waals surface area contributed by atoms with Crippen molar-refractivity contribution in [2.75, 3.05) is 32.8 Å². The molecule has 0 saturated carbocycles. The topological polar surface area (TPSA) is 53.6 Å². The first-order chi connectivity index (χ1) is 11.6. The first-order valence-corrected chi connectivity index (χ1v) is 8.78. The van der Waals surface area contributed by atoms with Gasteiger partial charge in [-0.2, -0.15) is 0 Å². The molecule has 0 unspecified atom stereocenters. The molecule has 0 radical (unpaired) electrons. The van der Waals surface area contributed by atoms with Crippen molar-refractivity contribution in [3.63, 3.8) is 0 Å². The molecular weight excluding hydrogens is 333 g/mol. The number of likely N-dealkylation sites (tertiary alicyclic amines) is 1. The second-order valence-corrected chi connectivity index (χ2v) is 6.79. The standard InChI is InChI=1S/C17H23ClFN3O2/c18-15-8-13(19)4-3-12(15)10-22-6-1-2-14(11-22)21-17(23)16-9-20-5-7-24-16/h3-4,8,14,16,20H,1-2,5-7,9-11H2,(H,21,23)/t14-,16+/m1/s1. The number of carbonyl (C=O) groups excluding carboxylic acids is 1. The van der Waals surface area contributed by atoms with Crippen LogP contribution in [0.5, 0.6) is 0 Å². The van der Waals surface area contributed by atoms with Gasteiger partial charge in [0.1, 0.15) is 11.9 Å². The van der Waals surface area contributed by atoms with Crippen LogP contribution in [0.2, 0.25) is 5.02 Å². The highest BCUT2D eigenvalue weighted by Gasteiger charge is 2.27. The Bertz CT molecular complexity index is 581. The monoisotopic (exact) mass is 355 g/mol. The lowest BCUT2D eigenvalue weighted by atomic mass is 10.0. The van der Waals surface area contributed by atoms with Gasteiger partial charge in [0.05, 0.1) is 6.61 Å². The maximum absolute atomic E-state index is 13.1. The molecule has 0 aliphatic carbocycles. The van der Waals surface area contributed by atoms with Gasteiger partial charge in [-0.1, -0.05) is 17.7 Å². The van der Waals surface area contributed by atoms with E-state index < -0.39 is 6.10 Å². The maximum Gasteiger partial charge on any atom is 0.250 e. The van der Waals surface area contributed by atoms with E-state index in [0.717, 1.165) is 38.0 Å². The van der Waals surface area contributed by atoms with E-state index in [1.165, 1.54) is 12.1 Å². The van der Waals surface area contributed by atoms with Gasteiger partial charge in [0.15, 0.2) is 0 Å². The van der Waals surface area contributed by atoms with Crippen LogP contribution in [0.3, 0.4) is 0 Å². The minimum atomic E-state index is -0.402. The average Bonchev–Trinajstić information content (AvgIpc) is 2.58. The summed E-state index contributed by atoms with van der Waals surface area (Å²) in [5.41, 5.74) is 0.907. The van der Waals surface area contributed by atoms with Crippen LogP contribution in [0.4, 0.5) is 4.39 Å². The first kappa shape index (κ1) is 17.6. The van der Waals surface area contributed by atoms with Crippen molar-refractivity contribution in [3.05, 3.63) is 34.6 Å². The molecular formula is C17H23ClFN3O2. The van der Waals surface area contributed by atoms with Crippen molar-refractivity contribution in [1.82, 2.24) is 15.5 Å². The van der Waals surface area contributed by atoms with Crippen LogP contribution in [0, 0.1) is 5.82 Å². The van der Waals surface area contributed by atoms with Gasteiger partial charge in [0.25, 0.3) is 5.91 Å². The molecule has 2 aliphatic heterocycles. The Balaban J connectivity index is 1.53. The molecule has 7 heteroatoms. The van der Waals surface area contributed by atoms with Crippen molar-refractivity contribution in [2.24, 2.45) is 0 Å². The van der Waals surface area contributed by atoms with Gasteiger partial charge in [0, 0.05) is 37.2 Å². The zero-order chi connectivity index (χ0) is 16.9. The number of nitrogens with zero attached hydrogens (tertiary/aromatic N) is 1. The van der Waals surface area contributed by atoms with Gasteiger partial charge in [0.2, 0.25) is 0 Å². The van der Waals surface area contributed by atoms with Gasteiger partial charge in [-0.05, 0) is 37.1 Å². The second kappa shape index (κ2) is 8.25. The highest BCUT2D eigenvalue weighted by Crippen LogP contribution is 2.21. The summed E-state index contributed by atoms with van der Waals surface area (Å²) in [6, 6.07) is 4.60. The summed E-state index contributed by atoms with van der Waals surface area (Å²) in [4.78, 5) is 14.5. The Kier molecular flexibility index (Phi) is 6.05. The lowest BCUT2D eigenvalue weighted by Gasteiger charge is -2.34. The fourth-order valence-corrected chi connectivity index (χ4v) is 3.46. The predicted molar refractivity (Wildman–Crippen MR) is 90.5 cm³/mol. The largest absolute Gasteiger partial charge is 0.366 e. The second-order valence-electron chi connectivity index (χ2n) is 6.38. The molecule has 2 aliphatic rings. The Morgan fingerprint density at radius 1 is 1.50 bits per heavy atom. The molecule has 1 aromatic carbocycles. The molecule has 132 valence electrons. The summed E-state index contributed by atoms with van der Waals surface area (Å²) < 4.78 is 18.6. The minimum absolute atomic E-state index is 0.0473. The van der Waals surface area contributed by atoms with Gasteiger partial charge >= 0.3 is 0 Å². The summed E-state index contributed by atoms with van der Waals surface area (Å²) >= 11 is 6.11. The lowest BCUT2D eigenvalue weighted by molar-refractivity contribution is -0.135. The number of nitrogens with one attached hydrogen (secondary N) is 2. The van der Waals surface area contributed by atoms with Crippen molar-refractivity contribution < 1.29 is 13.9 Å². The van der Waals surface area contributed by atoms with E-state index in [1.54, 1.807) is 6.07 Å². The number of piperidine rings is 1. The maximum atomic E-state index is 13.1. The number of ether oxygens (including phenoxy) is 1. The normalized spacial score (nSPS) is 25.4. The van der Waals surface area contributed by atoms with Gasteiger partial charge in [-0.15, -0.1) is 0 Å². The molecule has 1 aromatic rings. The lowest BCUT2D eigenvalue weighted by Crippen LogP contribution is -2.53. The average molecular weight is 356 g/mol. The number of carbonyl (C=O) groups is 1. The summed E-state index contributed by atoms with van der Waals surface area (Å²) in [5, 5.41) is 6.70. The molecule has 0 spiro atoms. The fourth-order valence-electron chi connectivity index (χ4n) is 3.24. The molecule has 0 aromatic heterocycles. The Morgan fingerprint density at radius 2 is 2.38 bits per heavy atom. The van der Waals surface area contributed by atoms with E-state index in [9.17, 15) is 9.18 Å². The molecule has 3 rings (SSSR count). The summed E-state index contributed by atoms with van der Waals surface area (Å²) in [6.07, 6.45) is 1.56. The van der Waals surface area contributed by atoms with E-state index in [4.69, 9.17) is 16.3 Å². The molecule has 1 amide bonds. The molecule has 0 bridgehead atoms. The van der Waals surface area contributed by atoms with Crippen LogP contribution < -0.4 is 10.6 Å². The zero-order valence-electron chi connectivity index (χ0n) is 13.6. The Morgan fingerprint density at radius 3 is 3.12 bits per heavy atom. The van der Waals surface area contributed by atoms with Crippen LogP contribution in [0.25, 0.3) is 0 Å². The van der Waals surface area contributed by atoms with Crippen LogP contribution in [-0.2, 0) is 16.1 Å². The number of hydrogen-bond acceptors (Lipinski definition) is 4. The fraction of sp³-hybridized carbons (Fsp3) is 0.588. The smallest absolute Gasteiger partial charge is 0.250 e. The molecule has 2 saturated heterocycles. The number of hydrogen-bond donors (Lipinski definition) is 2. The van der Waals surface area contributed by atoms with E-state index in [0.29, 0.717) is 24.7 Å². The number of amides is 1. The van der Waals surface area contributed by atoms with E-state index in [-0.39, 0.29) is 17.8 Å². The summed E-state index contributed by atoms with van der Waals surface area (Å²) in [5.74, 6) is -0.373. The van der Waals surface area contributed by atoms with Crippen LogP contribution >= 0.6 is 11.6 Å². The number of halogens is 2. The molecule has 2 heterocycles. The van der Waals surface area contributed by atoms with Crippen molar-refractivity contribution in [1.29, 1.82) is 0 Å². The zero-order valence-corrected chi connectivity index (χ0v) is 14.3. The van der Waals surface area contributed by atoms with Crippen molar-refractivity contribution in [3.8, 4) is 0 Å². The summed E-state index contributed by atoms with van der Waals surface area (Å²) in [6.45, 7) is 4.29. The van der Waals surface area contributed by atoms with Crippen LogP contribution in [0.1, 0.15) is 18.4 Å². The molecule has 2 N–H and O–H groups in total. The third kappa shape index (κ3) is 4.66. The SMILES string of the molecule is O=C(N[C@@H]1CCCN(Cc2ccc(F)cc2Cl)C1)[C@@H]1CNCCO1. The van der Waals surface area contributed by atoms with E-state index >= 15 is 0 Å². The quantitative estimate of drug-likeness (QED) is 0.860. The van der Waals surface area contributed by atoms with Gasteiger partial charge < -0.3 is 15.4 Å². The highest BCUT2D eigenvalue weighted by atomic mass is 35.5. The van der Waals surface area contributed by atoms with Gasteiger partial charge in [-0.3, -0.25) is 9.69 Å². The van der Waals surface area contributed by atoms with Crippen LogP contribution in [-0.4, -0.2) is 55.7 Å². The minimum Gasteiger partial charge on any atom is -0.366 e. The first-order valence-electron chi connectivity index (χ1n) is 8.41. The molecule has 2 atom stereocenters. The third-order valence-electron chi connectivity index (χ3n) is 4.48. The number of rotatable bonds is 4. The molecule has 5 nitrogen and oxygen atoms in total.